The SMILES string of the molecule is COc1cc(C=NN=C(N)N)cc(I)c1OC1CCCC1. The summed E-state index contributed by atoms with van der Waals surface area (Å²) in [5, 5.41) is 7.38. The fourth-order valence-corrected chi connectivity index (χ4v) is 3.02. The number of benzene rings is 1. The van der Waals surface area contributed by atoms with E-state index in [2.05, 4.69) is 32.8 Å². The zero-order chi connectivity index (χ0) is 15.2. The number of nitrogens with two attached hydrogens (primary N) is 2. The lowest BCUT2D eigenvalue weighted by molar-refractivity contribution is 0.199. The van der Waals surface area contributed by atoms with Gasteiger partial charge in [0.2, 0.25) is 5.96 Å². The first-order chi connectivity index (χ1) is 10.1. The third-order valence-electron chi connectivity index (χ3n) is 3.22. The molecule has 1 aliphatic carbocycles. The molecule has 0 atom stereocenters. The van der Waals surface area contributed by atoms with Crippen molar-refractivity contribution in [2.24, 2.45) is 21.7 Å². The second kappa shape index (κ2) is 7.48. The Kier molecular flexibility index (Phi) is 5.66. The molecule has 0 heterocycles. The Morgan fingerprint density at radius 3 is 2.67 bits per heavy atom. The van der Waals surface area contributed by atoms with Gasteiger partial charge in [0.1, 0.15) is 0 Å². The van der Waals surface area contributed by atoms with Crippen LogP contribution in [0.2, 0.25) is 0 Å². The summed E-state index contributed by atoms with van der Waals surface area (Å²) in [6.07, 6.45) is 6.53. The van der Waals surface area contributed by atoms with Crippen LogP contribution in [0.15, 0.2) is 22.3 Å². The first-order valence-corrected chi connectivity index (χ1v) is 7.84. The van der Waals surface area contributed by atoms with Crippen LogP contribution in [0, 0.1) is 3.57 Å². The Labute approximate surface area is 137 Å². The molecule has 2 rings (SSSR count). The maximum Gasteiger partial charge on any atom is 0.211 e. The largest absolute Gasteiger partial charge is 0.493 e. The summed E-state index contributed by atoms with van der Waals surface area (Å²) in [6.45, 7) is 0. The lowest BCUT2D eigenvalue weighted by Crippen LogP contribution is -2.21. The standard InChI is InChI=1S/C14H19IN4O2/c1-20-12-7-9(8-18-19-14(16)17)6-11(15)13(12)21-10-4-2-3-5-10/h6-8,10H,2-5H2,1H3,(H4,16,17,19). The fraction of sp³-hybridized carbons (Fsp3) is 0.429. The molecular weight excluding hydrogens is 383 g/mol. The summed E-state index contributed by atoms with van der Waals surface area (Å²) in [5.41, 5.74) is 11.3. The summed E-state index contributed by atoms with van der Waals surface area (Å²) < 4.78 is 12.5. The van der Waals surface area contributed by atoms with Gasteiger partial charge < -0.3 is 20.9 Å². The number of methoxy groups -OCH3 is 1. The molecule has 1 fully saturated rings. The quantitative estimate of drug-likeness (QED) is 0.342. The zero-order valence-electron chi connectivity index (χ0n) is 11.9. The highest BCUT2D eigenvalue weighted by molar-refractivity contribution is 14.1. The molecule has 6 nitrogen and oxygen atoms in total. The van der Waals surface area contributed by atoms with Gasteiger partial charge in [-0.15, -0.1) is 5.10 Å². The van der Waals surface area contributed by atoms with Crippen molar-refractivity contribution in [3.05, 3.63) is 21.3 Å². The number of hydrogen-bond donors (Lipinski definition) is 2. The molecule has 1 saturated carbocycles. The lowest BCUT2D eigenvalue weighted by atomic mass is 10.2. The van der Waals surface area contributed by atoms with Crippen molar-refractivity contribution in [1.82, 2.24) is 0 Å². The van der Waals surface area contributed by atoms with Crippen LogP contribution >= 0.6 is 22.6 Å². The van der Waals surface area contributed by atoms with Gasteiger partial charge in [-0.2, -0.15) is 5.10 Å². The second-order valence-electron chi connectivity index (χ2n) is 4.83. The van der Waals surface area contributed by atoms with E-state index < -0.39 is 0 Å². The summed E-state index contributed by atoms with van der Waals surface area (Å²) in [4.78, 5) is 0. The van der Waals surface area contributed by atoms with Crippen molar-refractivity contribution in [3.63, 3.8) is 0 Å². The summed E-state index contributed by atoms with van der Waals surface area (Å²) in [7, 11) is 1.63. The predicted molar refractivity (Wildman–Crippen MR) is 92.0 cm³/mol. The molecule has 0 spiro atoms. The number of ether oxygens (including phenoxy) is 2. The summed E-state index contributed by atoms with van der Waals surface area (Å²) >= 11 is 2.23. The molecule has 0 aliphatic heterocycles. The van der Waals surface area contributed by atoms with Crippen molar-refractivity contribution in [1.29, 1.82) is 0 Å². The van der Waals surface area contributed by atoms with Gasteiger partial charge in [0.25, 0.3) is 0 Å². The van der Waals surface area contributed by atoms with E-state index in [-0.39, 0.29) is 12.1 Å². The average Bonchev–Trinajstić information content (AvgIpc) is 2.94. The van der Waals surface area contributed by atoms with Crippen molar-refractivity contribution in [2.75, 3.05) is 7.11 Å². The molecule has 0 unspecified atom stereocenters. The van der Waals surface area contributed by atoms with Gasteiger partial charge >= 0.3 is 0 Å². The van der Waals surface area contributed by atoms with Crippen molar-refractivity contribution in [2.45, 2.75) is 31.8 Å². The van der Waals surface area contributed by atoms with E-state index in [1.807, 2.05) is 12.1 Å². The molecule has 1 aromatic carbocycles. The Bertz CT molecular complexity index is 550. The molecule has 1 aliphatic rings. The minimum absolute atomic E-state index is 0.0749. The summed E-state index contributed by atoms with van der Waals surface area (Å²) in [6, 6.07) is 3.82. The van der Waals surface area contributed by atoms with Gasteiger partial charge in [-0.1, -0.05) is 0 Å². The molecule has 0 amide bonds. The zero-order valence-corrected chi connectivity index (χ0v) is 14.0. The Hall–Kier alpha value is -1.51. The second-order valence-corrected chi connectivity index (χ2v) is 5.99. The Morgan fingerprint density at radius 2 is 2.05 bits per heavy atom. The van der Waals surface area contributed by atoms with Gasteiger partial charge in [-0.3, -0.25) is 0 Å². The number of rotatable bonds is 5. The molecule has 21 heavy (non-hydrogen) atoms. The molecule has 114 valence electrons. The highest BCUT2D eigenvalue weighted by Gasteiger charge is 2.20. The Balaban J connectivity index is 2.22. The van der Waals surface area contributed by atoms with E-state index in [1.165, 1.54) is 12.8 Å². The van der Waals surface area contributed by atoms with Gasteiger partial charge in [-0.25, -0.2) is 0 Å². The van der Waals surface area contributed by atoms with Gasteiger partial charge in [0.15, 0.2) is 11.5 Å². The van der Waals surface area contributed by atoms with Crippen molar-refractivity contribution >= 4 is 34.8 Å². The van der Waals surface area contributed by atoms with E-state index in [4.69, 9.17) is 20.9 Å². The van der Waals surface area contributed by atoms with Crippen LogP contribution in [0.3, 0.4) is 0 Å². The van der Waals surface area contributed by atoms with Crippen LogP contribution in [0.4, 0.5) is 0 Å². The number of halogens is 1. The van der Waals surface area contributed by atoms with Crippen LogP contribution in [0.25, 0.3) is 0 Å². The van der Waals surface area contributed by atoms with E-state index in [1.54, 1.807) is 13.3 Å². The predicted octanol–water partition coefficient (Wildman–Crippen LogP) is 2.23. The first kappa shape index (κ1) is 15.9. The monoisotopic (exact) mass is 402 g/mol. The summed E-state index contributed by atoms with van der Waals surface area (Å²) in [5.74, 6) is 1.41. The third kappa shape index (κ3) is 4.48. The number of guanidine groups is 1. The highest BCUT2D eigenvalue weighted by atomic mass is 127. The van der Waals surface area contributed by atoms with E-state index in [0.29, 0.717) is 5.75 Å². The molecule has 1 aromatic rings. The normalized spacial score (nSPS) is 15.3. The van der Waals surface area contributed by atoms with Crippen LogP contribution in [0.5, 0.6) is 11.5 Å². The van der Waals surface area contributed by atoms with Gasteiger partial charge in [0, 0.05) is 0 Å². The first-order valence-electron chi connectivity index (χ1n) is 6.76. The fourth-order valence-electron chi connectivity index (χ4n) is 2.26. The number of nitrogens with zero attached hydrogens (tertiary/aromatic N) is 2. The lowest BCUT2D eigenvalue weighted by Gasteiger charge is -2.17. The minimum Gasteiger partial charge on any atom is -0.493 e. The Morgan fingerprint density at radius 1 is 1.33 bits per heavy atom. The average molecular weight is 402 g/mol. The maximum atomic E-state index is 6.08. The smallest absolute Gasteiger partial charge is 0.211 e. The topological polar surface area (TPSA) is 95.2 Å². The van der Waals surface area contributed by atoms with Crippen molar-refractivity contribution in [3.8, 4) is 11.5 Å². The van der Waals surface area contributed by atoms with E-state index in [0.717, 1.165) is 27.7 Å². The van der Waals surface area contributed by atoms with E-state index in [9.17, 15) is 0 Å². The molecule has 0 bridgehead atoms. The van der Waals surface area contributed by atoms with Crippen LogP contribution in [0.1, 0.15) is 31.2 Å². The van der Waals surface area contributed by atoms with Crippen molar-refractivity contribution < 1.29 is 9.47 Å². The van der Waals surface area contributed by atoms with Crippen LogP contribution < -0.4 is 20.9 Å². The minimum atomic E-state index is -0.0749. The maximum absolute atomic E-state index is 6.08. The third-order valence-corrected chi connectivity index (χ3v) is 4.02. The molecule has 0 saturated heterocycles. The van der Waals surface area contributed by atoms with Crippen LogP contribution in [-0.4, -0.2) is 25.4 Å². The number of hydrogen-bond acceptors (Lipinski definition) is 4. The highest BCUT2D eigenvalue weighted by Crippen LogP contribution is 2.36. The van der Waals surface area contributed by atoms with Crippen LogP contribution in [-0.2, 0) is 0 Å². The molecular formula is C14H19IN4O2. The molecule has 4 N–H and O–H groups in total. The molecule has 0 aromatic heterocycles. The molecule has 7 heteroatoms. The van der Waals surface area contributed by atoms with Gasteiger partial charge in [-0.05, 0) is 66.0 Å². The van der Waals surface area contributed by atoms with E-state index >= 15 is 0 Å². The molecule has 0 radical (unpaired) electrons. The van der Waals surface area contributed by atoms with Gasteiger partial charge in [0.05, 0.1) is 23.0 Å².